The summed E-state index contributed by atoms with van der Waals surface area (Å²) in [5.74, 6) is -0.371. The number of nitrogens with one attached hydrogen (secondary N) is 1. The van der Waals surface area contributed by atoms with Gasteiger partial charge in [0.25, 0.3) is 0 Å². The lowest BCUT2D eigenvalue weighted by atomic mass is 10.2. The zero-order chi connectivity index (χ0) is 14.0. The van der Waals surface area contributed by atoms with Crippen molar-refractivity contribution in [1.82, 2.24) is 0 Å². The Morgan fingerprint density at radius 3 is 2.74 bits per heavy atom. The number of benzene rings is 1. The van der Waals surface area contributed by atoms with Gasteiger partial charge in [0.1, 0.15) is 5.25 Å². The van der Waals surface area contributed by atoms with Gasteiger partial charge in [0.2, 0.25) is 5.91 Å². The van der Waals surface area contributed by atoms with Crippen LogP contribution in [0.5, 0.6) is 0 Å². The molecule has 1 heterocycles. The normalized spacial score (nSPS) is 21.9. The van der Waals surface area contributed by atoms with Gasteiger partial charge in [-0.25, -0.2) is 8.42 Å². The maximum absolute atomic E-state index is 12.0. The van der Waals surface area contributed by atoms with Gasteiger partial charge in [-0.15, -0.1) is 0 Å². The van der Waals surface area contributed by atoms with Crippen LogP contribution in [0.4, 0.5) is 5.69 Å². The molecule has 0 saturated carbocycles. The Hall–Kier alpha value is -0.590. The highest BCUT2D eigenvalue weighted by atomic mass is 79.9. The van der Waals surface area contributed by atoms with E-state index < -0.39 is 21.0 Å². The highest BCUT2D eigenvalue weighted by Crippen LogP contribution is 2.26. The summed E-state index contributed by atoms with van der Waals surface area (Å²) in [6, 6.07) is 4.92. The summed E-state index contributed by atoms with van der Waals surface area (Å²) in [4.78, 5) is 12.0. The SMILES string of the molecule is O=C(Nc1ccc(Cl)c(Br)c1)C1CCCCS1(=O)=O. The molecule has 19 heavy (non-hydrogen) atoms. The van der Waals surface area contributed by atoms with Crippen LogP contribution >= 0.6 is 27.5 Å². The van der Waals surface area contributed by atoms with E-state index in [1.54, 1.807) is 18.2 Å². The molecule has 4 nitrogen and oxygen atoms in total. The van der Waals surface area contributed by atoms with E-state index in [2.05, 4.69) is 21.2 Å². The highest BCUT2D eigenvalue weighted by molar-refractivity contribution is 9.10. The number of hydrogen-bond donors (Lipinski definition) is 1. The molecule has 1 aliphatic rings. The smallest absolute Gasteiger partial charge is 0.242 e. The fraction of sp³-hybridized carbons (Fsp3) is 0.417. The minimum absolute atomic E-state index is 0.0927. The fourth-order valence-electron chi connectivity index (χ4n) is 2.05. The fourth-order valence-corrected chi connectivity index (χ4v) is 4.34. The lowest BCUT2D eigenvalue weighted by Gasteiger charge is -2.21. The van der Waals surface area contributed by atoms with Gasteiger partial charge in [-0.05, 0) is 47.0 Å². The molecule has 1 saturated heterocycles. The number of anilines is 1. The average molecular weight is 367 g/mol. The Bertz CT molecular complexity index is 603. The Morgan fingerprint density at radius 1 is 1.37 bits per heavy atom. The van der Waals surface area contributed by atoms with Gasteiger partial charge in [0.05, 0.1) is 10.8 Å². The van der Waals surface area contributed by atoms with Crippen molar-refractivity contribution in [2.24, 2.45) is 0 Å². The van der Waals surface area contributed by atoms with Gasteiger partial charge in [-0.1, -0.05) is 18.0 Å². The first-order chi connectivity index (χ1) is 8.90. The monoisotopic (exact) mass is 365 g/mol. The standard InChI is InChI=1S/C12H13BrClNO3S/c13-9-7-8(4-5-10(9)14)15-12(16)11-3-1-2-6-19(11,17)18/h4-5,7,11H,1-3,6H2,(H,15,16). The van der Waals surface area contributed by atoms with Crippen LogP contribution in [0.1, 0.15) is 19.3 Å². The van der Waals surface area contributed by atoms with Crippen molar-refractivity contribution >= 4 is 49.0 Å². The molecular weight excluding hydrogens is 354 g/mol. The molecule has 0 spiro atoms. The molecule has 2 rings (SSSR count). The number of sulfone groups is 1. The molecule has 1 fully saturated rings. The third-order valence-electron chi connectivity index (χ3n) is 3.06. The second-order valence-corrected chi connectivity index (χ2v) is 8.03. The molecular formula is C12H13BrClNO3S. The van der Waals surface area contributed by atoms with E-state index in [-0.39, 0.29) is 5.75 Å². The molecule has 1 aromatic carbocycles. The van der Waals surface area contributed by atoms with Crippen molar-refractivity contribution < 1.29 is 13.2 Å². The van der Waals surface area contributed by atoms with E-state index in [9.17, 15) is 13.2 Å². The van der Waals surface area contributed by atoms with Gasteiger partial charge in [-0.3, -0.25) is 4.79 Å². The summed E-state index contributed by atoms with van der Waals surface area (Å²) in [7, 11) is -3.31. The summed E-state index contributed by atoms with van der Waals surface area (Å²) >= 11 is 9.11. The van der Waals surface area contributed by atoms with Crippen molar-refractivity contribution in [2.75, 3.05) is 11.1 Å². The van der Waals surface area contributed by atoms with E-state index in [1.807, 2.05) is 0 Å². The first-order valence-corrected chi connectivity index (χ1v) is 8.76. The minimum Gasteiger partial charge on any atom is -0.325 e. The van der Waals surface area contributed by atoms with Crippen LogP contribution in [-0.4, -0.2) is 25.3 Å². The van der Waals surface area contributed by atoms with Gasteiger partial charge in [0, 0.05) is 10.2 Å². The Kier molecular flexibility index (Phi) is 4.53. The molecule has 1 aliphatic heterocycles. The third kappa shape index (κ3) is 3.49. The highest BCUT2D eigenvalue weighted by Gasteiger charge is 2.34. The second-order valence-electron chi connectivity index (χ2n) is 4.47. The van der Waals surface area contributed by atoms with Crippen molar-refractivity contribution in [3.05, 3.63) is 27.7 Å². The summed E-state index contributed by atoms with van der Waals surface area (Å²) < 4.78 is 24.3. The van der Waals surface area contributed by atoms with Gasteiger partial charge >= 0.3 is 0 Å². The number of hydrogen-bond acceptors (Lipinski definition) is 3. The van der Waals surface area contributed by atoms with Crippen molar-refractivity contribution in [2.45, 2.75) is 24.5 Å². The van der Waals surface area contributed by atoms with E-state index in [1.165, 1.54) is 0 Å². The predicted molar refractivity (Wildman–Crippen MR) is 79.2 cm³/mol. The molecule has 1 N–H and O–H groups in total. The lowest BCUT2D eigenvalue weighted by molar-refractivity contribution is -0.116. The largest absolute Gasteiger partial charge is 0.325 e. The number of amides is 1. The van der Waals surface area contributed by atoms with E-state index >= 15 is 0 Å². The summed E-state index contributed by atoms with van der Waals surface area (Å²) in [6.45, 7) is 0. The van der Waals surface area contributed by atoms with Gasteiger partial charge < -0.3 is 5.32 Å². The third-order valence-corrected chi connectivity index (χ3v) is 6.45. The Balaban J connectivity index is 2.14. The zero-order valence-electron chi connectivity index (χ0n) is 10.0. The number of rotatable bonds is 2. The number of halogens is 2. The molecule has 0 aromatic heterocycles. The molecule has 104 valence electrons. The van der Waals surface area contributed by atoms with Crippen LogP contribution in [0.15, 0.2) is 22.7 Å². The van der Waals surface area contributed by atoms with Crippen molar-refractivity contribution in [1.29, 1.82) is 0 Å². The molecule has 7 heteroatoms. The summed E-state index contributed by atoms with van der Waals surface area (Å²) in [5.41, 5.74) is 0.530. The predicted octanol–water partition coefficient (Wildman–Crippen LogP) is 3.01. The first-order valence-electron chi connectivity index (χ1n) is 5.87. The molecule has 0 aliphatic carbocycles. The number of carbonyl (C=O) groups excluding carboxylic acids is 1. The van der Waals surface area contributed by atoms with Crippen LogP contribution < -0.4 is 5.32 Å². The molecule has 0 radical (unpaired) electrons. The topological polar surface area (TPSA) is 63.2 Å². The van der Waals surface area contributed by atoms with Crippen LogP contribution in [0, 0.1) is 0 Å². The van der Waals surface area contributed by atoms with E-state index in [0.29, 0.717) is 28.0 Å². The van der Waals surface area contributed by atoms with Crippen molar-refractivity contribution in [3.8, 4) is 0 Å². The quantitative estimate of drug-likeness (QED) is 0.875. The summed E-state index contributed by atoms with van der Waals surface area (Å²) in [5, 5.41) is 2.22. The minimum atomic E-state index is -3.31. The lowest BCUT2D eigenvalue weighted by Crippen LogP contribution is -2.39. The van der Waals surface area contributed by atoms with E-state index in [4.69, 9.17) is 11.6 Å². The molecule has 0 bridgehead atoms. The average Bonchev–Trinajstić information content (AvgIpc) is 2.33. The Morgan fingerprint density at radius 2 is 2.11 bits per heavy atom. The van der Waals surface area contributed by atoms with Crippen LogP contribution in [0.3, 0.4) is 0 Å². The molecule has 1 unspecified atom stereocenters. The van der Waals surface area contributed by atoms with Gasteiger partial charge in [-0.2, -0.15) is 0 Å². The van der Waals surface area contributed by atoms with Crippen LogP contribution in [-0.2, 0) is 14.6 Å². The van der Waals surface area contributed by atoms with E-state index in [0.717, 1.165) is 6.42 Å². The van der Waals surface area contributed by atoms with Gasteiger partial charge in [0.15, 0.2) is 9.84 Å². The maximum atomic E-state index is 12.0. The zero-order valence-corrected chi connectivity index (χ0v) is 13.2. The molecule has 1 aromatic rings. The number of carbonyl (C=O) groups is 1. The maximum Gasteiger partial charge on any atom is 0.242 e. The molecule has 1 atom stereocenters. The van der Waals surface area contributed by atoms with Crippen LogP contribution in [0.2, 0.25) is 5.02 Å². The van der Waals surface area contributed by atoms with Crippen LogP contribution in [0.25, 0.3) is 0 Å². The molecule has 1 amide bonds. The summed E-state index contributed by atoms with van der Waals surface area (Å²) in [6.07, 6.45) is 1.79. The first kappa shape index (κ1) is 14.8. The second kappa shape index (κ2) is 5.81. The van der Waals surface area contributed by atoms with Crippen molar-refractivity contribution in [3.63, 3.8) is 0 Å². The Labute approximate surface area is 125 Å².